The molecule has 160 valence electrons. The number of aliphatic hydroxyl groups is 1. The molecule has 0 spiro atoms. The number of hydrogen-bond donors (Lipinski definition) is 1. The lowest BCUT2D eigenvalue weighted by Gasteiger charge is -2.38. The highest BCUT2D eigenvalue weighted by molar-refractivity contribution is 7.18. The molecule has 0 amide bonds. The van der Waals surface area contributed by atoms with Crippen LogP contribution in [0.3, 0.4) is 0 Å². The van der Waals surface area contributed by atoms with E-state index in [1.165, 1.54) is 5.56 Å². The van der Waals surface area contributed by atoms with Crippen LogP contribution in [-0.4, -0.2) is 44.8 Å². The van der Waals surface area contributed by atoms with Crippen molar-refractivity contribution in [2.45, 2.75) is 58.1 Å². The number of rotatable bonds is 6. The zero-order valence-corrected chi connectivity index (χ0v) is 18.9. The van der Waals surface area contributed by atoms with Crippen LogP contribution in [0.25, 0.3) is 10.2 Å². The predicted molar refractivity (Wildman–Crippen MR) is 123 cm³/mol. The summed E-state index contributed by atoms with van der Waals surface area (Å²) in [5, 5.41) is 11.9. The van der Waals surface area contributed by atoms with E-state index in [4.69, 9.17) is 0 Å². The summed E-state index contributed by atoms with van der Waals surface area (Å²) in [6, 6.07) is 10.6. The van der Waals surface area contributed by atoms with Crippen molar-refractivity contribution >= 4 is 21.6 Å². The van der Waals surface area contributed by atoms with Crippen molar-refractivity contribution in [1.29, 1.82) is 0 Å². The molecule has 30 heavy (non-hydrogen) atoms. The van der Waals surface area contributed by atoms with E-state index >= 15 is 0 Å². The molecule has 6 heteroatoms. The van der Waals surface area contributed by atoms with E-state index in [1.807, 2.05) is 13.8 Å². The third kappa shape index (κ3) is 4.36. The fourth-order valence-electron chi connectivity index (χ4n) is 4.38. The van der Waals surface area contributed by atoms with Gasteiger partial charge in [-0.15, -0.1) is 11.3 Å². The molecule has 0 saturated carbocycles. The first-order valence-corrected chi connectivity index (χ1v) is 11.6. The Labute approximate surface area is 182 Å². The van der Waals surface area contributed by atoms with Crippen molar-refractivity contribution < 1.29 is 5.11 Å². The number of fused-ring (bicyclic) bond motifs is 1. The van der Waals surface area contributed by atoms with Gasteiger partial charge in [0.1, 0.15) is 4.83 Å². The van der Waals surface area contributed by atoms with E-state index in [9.17, 15) is 9.90 Å². The highest BCUT2D eigenvalue weighted by atomic mass is 32.1. The van der Waals surface area contributed by atoms with E-state index in [1.54, 1.807) is 22.2 Å². The van der Waals surface area contributed by atoms with Crippen LogP contribution < -0.4 is 5.56 Å². The lowest BCUT2D eigenvalue weighted by atomic mass is 9.90. The monoisotopic (exact) mass is 425 g/mol. The maximum atomic E-state index is 13.0. The van der Waals surface area contributed by atoms with Gasteiger partial charge in [-0.2, -0.15) is 0 Å². The molecule has 1 fully saturated rings. The molecule has 0 unspecified atom stereocenters. The van der Waals surface area contributed by atoms with Crippen molar-refractivity contribution in [3.8, 4) is 0 Å². The van der Waals surface area contributed by atoms with Crippen LogP contribution in [0, 0.1) is 13.8 Å². The van der Waals surface area contributed by atoms with Crippen molar-refractivity contribution in [1.82, 2.24) is 14.5 Å². The van der Waals surface area contributed by atoms with Crippen LogP contribution in [0.1, 0.15) is 48.1 Å². The molecule has 1 aliphatic heterocycles. The minimum absolute atomic E-state index is 0.0330. The summed E-state index contributed by atoms with van der Waals surface area (Å²) in [7, 11) is 0. The third-order valence-corrected chi connectivity index (χ3v) is 7.77. The van der Waals surface area contributed by atoms with Gasteiger partial charge in [-0.3, -0.25) is 9.36 Å². The van der Waals surface area contributed by atoms with Gasteiger partial charge >= 0.3 is 0 Å². The number of aryl methyl sites for hydroxylation is 2. The molecule has 3 aromatic rings. The molecule has 4 rings (SSSR count). The topological polar surface area (TPSA) is 58.4 Å². The second kappa shape index (κ2) is 8.61. The quantitative estimate of drug-likeness (QED) is 0.646. The molecule has 1 aromatic carbocycles. The standard InChI is InChI=1S/C24H31N3O2S/c1-17(20-7-5-4-6-8-20)9-12-26-13-10-24(29,11-14-26)15-27-16-25-22-21(23(27)28)18(2)19(3)30-22/h4-8,16-17,29H,9-15H2,1-3H3/t17-/m0/s1. The molecule has 0 bridgehead atoms. The summed E-state index contributed by atoms with van der Waals surface area (Å²) in [5.41, 5.74) is 1.51. The number of likely N-dealkylation sites (tertiary alicyclic amines) is 1. The lowest BCUT2D eigenvalue weighted by Crippen LogP contribution is -2.48. The van der Waals surface area contributed by atoms with Gasteiger partial charge in [-0.1, -0.05) is 37.3 Å². The van der Waals surface area contributed by atoms with Gasteiger partial charge in [-0.05, 0) is 56.7 Å². The van der Waals surface area contributed by atoms with Crippen LogP contribution in [0.5, 0.6) is 0 Å². The number of benzene rings is 1. The van der Waals surface area contributed by atoms with Crippen LogP contribution in [0.2, 0.25) is 0 Å². The lowest BCUT2D eigenvalue weighted by molar-refractivity contribution is -0.0351. The summed E-state index contributed by atoms with van der Waals surface area (Å²) < 4.78 is 1.61. The minimum atomic E-state index is -0.848. The Kier molecular flexibility index (Phi) is 6.09. The first-order chi connectivity index (χ1) is 14.4. The van der Waals surface area contributed by atoms with E-state index in [-0.39, 0.29) is 5.56 Å². The molecular weight excluding hydrogens is 394 g/mol. The molecule has 1 N–H and O–H groups in total. The SMILES string of the molecule is Cc1sc2ncn(CC3(O)CCN(CC[C@H](C)c4ccccc4)CC3)c(=O)c2c1C. The number of aromatic nitrogens is 2. The molecule has 5 nitrogen and oxygen atoms in total. The fourth-order valence-corrected chi connectivity index (χ4v) is 5.36. The summed E-state index contributed by atoms with van der Waals surface area (Å²) >= 11 is 1.56. The molecule has 1 atom stereocenters. The maximum Gasteiger partial charge on any atom is 0.262 e. The molecule has 3 heterocycles. The van der Waals surface area contributed by atoms with Gasteiger partial charge in [0, 0.05) is 18.0 Å². The van der Waals surface area contributed by atoms with Gasteiger partial charge in [-0.25, -0.2) is 4.98 Å². The van der Waals surface area contributed by atoms with Crippen LogP contribution in [0.4, 0.5) is 0 Å². The van der Waals surface area contributed by atoms with E-state index < -0.39 is 5.60 Å². The Morgan fingerprint density at radius 2 is 1.90 bits per heavy atom. The third-order valence-electron chi connectivity index (χ3n) is 6.65. The zero-order chi connectivity index (χ0) is 21.3. The predicted octanol–water partition coefficient (Wildman–Crippen LogP) is 4.10. The normalized spacial score (nSPS) is 18.0. The fraction of sp³-hybridized carbons (Fsp3) is 0.500. The smallest absolute Gasteiger partial charge is 0.262 e. The number of thiophene rings is 1. The largest absolute Gasteiger partial charge is 0.388 e. The highest BCUT2D eigenvalue weighted by Gasteiger charge is 2.33. The average molecular weight is 426 g/mol. The second-order valence-electron chi connectivity index (χ2n) is 8.81. The van der Waals surface area contributed by atoms with Crippen molar-refractivity contribution in [2.24, 2.45) is 0 Å². The van der Waals surface area contributed by atoms with Crippen LogP contribution >= 0.6 is 11.3 Å². The van der Waals surface area contributed by atoms with Crippen LogP contribution in [-0.2, 0) is 6.54 Å². The Balaban J connectivity index is 1.36. The van der Waals surface area contributed by atoms with E-state index in [0.29, 0.717) is 30.7 Å². The molecule has 1 saturated heterocycles. The van der Waals surface area contributed by atoms with E-state index in [0.717, 1.165) is 41.3 Å². The second-order valence-corrected chi connectivity index (χ2v) is 10.0. The summed E-state index contributed by atoms with van der Waals surface area (Å²) in [5.74, 6) is 0.528. The Morgan fingerprint density at radius 3 is 2.60 bits per heavy atom. The van der Waals surface area contributed by atoms with Gasteiger partial charge < -0.3 is 10.0 Å². The summed E-state index contributed by atoms with van der Waals surface area (Å²) in [4.78, 5) is 21.8. The number of hydrogen-bond acceptors (Lipinski definition) is 5. The minimum Gasteiger partial charge on any atom is -0.388 e. The number of nitrogens with zero attached hydrogens (tertiary/aromatic N) is 3. The van der Waals surface area contributed by atoms with E-state index in [2.05, 4.69) is 47.1 Å². The summed E-state index contributed by atoms with van der Waals surface area (Å²) in [6.45, 7) is 9.35. The van der Waals surface area contributed by atoms with Crippen molar-refractivity contribution in [3.63, 3.8) is 0 Å². The van der Waals surface area contributed by atoms with Crippen LogP contribution in [0.15, 0.2) is 41.5 Å². The van der Waals surface area contributed by atoms with Crippen molar-refractivity contribution in [2.75, 3.05) is 19.6 Å². The molecule has 2 aromatic heterocycles. The Bertz CT molecular complexity index is 1070. The van der Waals surface area contributed by atoms with Gasteiger partial charge in [0.25, 0.3) is 5.56 Å². The first kappa shape index (κ1) is 21.2. The average Bonchev–Trinajstić information content (AvgIpc) is 3.04. The van der Waals surface area contributed by atoms with Gasteiger partial charge in [0.2, 0.25) is 0 Å². The Hall–Kier alpha value is -2.02. The Morgan fingerprint density at radius 1 is 1.20 bits per heavy atom. The summed E-state index contributed by atoms with van der Waals surface area (Å²) in [6.07, 6.45) is 4.07. The van der Waals surface area contributed by atoms with Gasteiger partial charge in [0.15, 0.2) is 0 Å². The molecule has 1 aliphatic rings. The molecule has 0 radical (unpaired) electrons. The zero-order valence-electron chi connectivity index (χ0n) is 18.1. The first-order valence-electron chi connectivity index (χ1n) is 10.8. The highest BCUT2D eigenvalue weighted by Crippen LogP contribution is 2.28. The molecular formula is C24H31N3O2S. The van der Waals surface area contributed by atoms with Gasteiger partial charge in [0.05, 0.1) is 23.9 Å². The maximum absolute atomic E-state index is 13.0. The van der Waals surface area contributed by atoms with Crippen molar-refractivity contribution in [3.05, 3.63) is 63.0 Å². The number of piperidine rings is 1. The molecule has 0 aliphatic carbocycles.